The van der Waals surface area contributed by atoms with Crippen molar-refractivity contribution in [3.63, 3.8) is 0 Å². The smallest absolute Gasteiger partial charge is 0.247 e. The highest BCUT2D eigenvalue weighted by Gasteiger charge is 2.27. The van der Waals surface area contributed by atoms with E-state index in [9.17, 15) is 0 Å². The number of rotatable bonds is 5. The van der Waals surface area contributed by atoms with Crippen molar-refractivity contribution in [3.05, 3.63) is 40.5 Å². The molecular weight excluding hydrogens is 366 g/mol. The van der Waals surface area contributed by atoms with Gasteiger partial charge in [0.15, 0.2) is 0 Å². The van der Waals surface area contributed by atoms with Crippen LogP contribution >= 0.6 is 27.7 Å². The molecular formula is C14H12BrN5OS. The molecule has 0 saturated heterocycles. The maximum absolute atomic E-state index is 5.67. The van der Waals surface area contributed by atoms with Crippen molar-refractivity contribution in [1.29, 1.82) is 0 Å². The maximum Gasteiger partial charge on any atom is 0.247 e. The Labute approximate surface area is 139 Å². The minimum absolute atomic E-state index is 0.525. The summed E-state index contributed by atoms with van der Waals surface area (Å²) in [6, 6.07) is 7.76. The molecule has 0 bridgehead atoms. The number of hydrogen-bond acceptors (Lipinski definition) is 6. The van der Waals surface area contributed by atoms with Crippen LogP contribution in [0.5, 0.6) is 0 Å². The fourth-order valence-corrected chi connectivity index (χ4v) is 2.92. The van der Waals surface area contributed by atoms with E-state index in [-0.39, 0.29) is 0 Å². The number of benzene rings is 1. The van der Waals surface area contributed by atoms with Crippen LogP contribution in [0.25, 0.3) is 11.5 Å². The highest BCUT2D eigenvalue weighted by Crippen LogP contribution is 2.38. The summed E-state index contributed by atoms with van der Waals surface area (Å²) in [6.07, 6.45) is 2.42. The van der Waals surface area contributed by atoms with Crippen molar-refractivity contribution in [3.8, 4) is 11.5 Å². The molecule has 2 heterocycles. The molecule has 0 spiro atoms. The van der Waals surface area contributed by atoms with Gasteiger partial charge < -0.3 is 4.42 Å². The van der Waals surface area contributed by atoms with Crippen molar-refractivity contribution >= 4 is 27.7 Å². The molecule has 8 heteroatoms. The van der Waals surface area contributed by atoms with Gasteiger partial charge in [-0.2, -0.15) is 0 Å². The Hall–Kier alpha value is -1.67. The lowest BCUT2D eigenvalue weighted by atomic mass is 10.2. The van der Waals surface area contributed by atoms with Crippen LogP contribution in [-0.2, 0) is 5.75 Å². The Morgan fingerprint density at radius 3 is 2.82 bits per heavy atom. The summed E-state index contributed by atoms with van der Waals surface area (Å²) in [7, 11) is 0. The molecule has 0 radical (unpaired) electrons. The zero-order chi connectivity index (χ0) is 14.9. The first-order valence-electron chi connectivity index (χ1n) is 6.91. The average molecular weight is 378 g/mol. The highest BCUT2D eigenvalue weighted by molar-refractivity contribution is 9.10. The Bertz CT molecular complexity index is 781. The third-order valence-electron chi connectivity index (χ3n) is 3.33. The molecule has 4 rings (SSSR count). The second kappa shape index (κ2) is 5.85. The molecule has 112 valence electrons. The van der Waals surface area contributed by atoms with Crippen molar-refractivity contribution < 1.29 is 4.42 Å². The van der Waals surface area contributed by atoms with Crippen molar-refractivity contribution in [2.24, 2.45) is 0 Å². The quantitative estimate of drug-likeness (QED) is 0.681. The molecule has 1 aliphatic carbocycles. The van der Waals surface area contributed by atoms with E-state index < -0.39 is 0 Å². The summed E-state index contributed by atoms with van der Waals surface area (Å²) in [6.45, 7) is 0. The predicted molar refractivity (Wildman–Crippen MR) is 85.4 cm³/mol. The maximum atomic E-state index is 5.67. The van der Waals surface area contributed by atoms with Gasteiger partial charge in [0.2, 0.25) is 16.9 Å². The molecule has 1 aliphatic rings. The van der Waals surface area contributed by atoms with Gasteiger partial charge in [-0.05, 0) is 37.1 Å². The van der Waals surface area contributed by atoms with E-state index in [1.165, 1.54) is 24.6 Å². The third kappa shape index (κ3) is 3.07. The van der Waals surface area contributed by atoms with Crippen molar-refractivity contribution in [2.75, 3.05) is 0 Å². The average Bonchev–Trinajstić information content (AvgIpc) is 3.09. The monoisotopic (exact) mass is 377 g/mol. The van der Waals surface area contributed by atoms with Gasteiger partial charge in [-0.25, -0.2) is 4.98 Å². The topological polar surface area (TPSA) is 80.5 Å². The summed E-state index contributed by atoms with van der Waals surface area (Å²) < 4.78 is 6.69. The number of aromatic amines is 1. The number of halogens is 1. The number of nitrogens with one attached hydrogen (secondary N) is 1. The van der Waals surface area contributed by atoms with E-state index in [4.69, 9.17) is 4.42 Å². The van der Waals surface area contributed by atoms with E-state index in [0.717, 1.165) is 21.0 Å². The van der Waals surface area contributed by atoms with Gasteiger partial charge in [-0.3, -0.25) is 5.10 Å². The van der Waals surface area contributed by atoms with Crippen LogP contribution in [-0.4, -0.2) is 25.4 Å². The van der Waals surface area contributed by atoms with E-state index in [2.05, 4.69) is 41.3 Å². The van der Waals surface area contributed by atoms with Crippen LogP contribution in [0.4, 0.5) is 0 Å². The minimum Gasteiger partial charge on any atom is -0.420 e. The second-order valence-electron chi connectivity index (χ2n) is 5.07. The second-order valence-corrected chi connectivity index (χ2v) is 6.93. The van der Waals surface area contributed by atoms with Crippen LogP contribution in [0, 0.1) is 0 Å². The first-order chi connectivity index (χ1) is 10.8. The van der Waals surface area contributed by atoms with Crippen LogP contribution in [0.1, 0.15) is 30.5 Å². The molecule has 6 nitrogen and oxygen atoms in total. The van der Waals surface area contributed by atoms with Crippen LogP contribution in [0.2, 0.25) is 0 Å². The van der Waals surface area contributed by atoms with Crippen LogP contribution in [0.15, 0.2) is 38.3 Å². The van der Waals surface area contributed by atoms with Gasteiger partial charge in [0.05, 0.1) is 5.75 Å². The van der Waals surface area contributed by atoms with Gasteiger partial charge in [0.25, 0.3) is 0 Å². The molecule has 0 atom stereocenters. The van der Waals surface area contributed by atoms with Gasteiger partial charge in [0.1, 0.15) is 5.82 Å². The summed E-state index contributed by atoms with van der Waals surface area (Å²) >= 11 is 4.90. The normalized spacial score (nSPS) is 14.4. The number of nitrogens with zero attached hydrogens (tertiary/aromatic N) is 4. The van der Waals surface area contributed by atoms with Crippen LogP contribution < -0.4 is 0 Å². The minimum atomic E-state index is 0.525. The zero-order valence-corrected chi connectivity index (χ0v) is 13.9. The molecule has 3 aromatic rings. The molecule has 2 aromatic heterocycles. The lowest BCUT2D eigenvalue weighted by molar-refractivity contribution is 0.528. The molecule has 0 amide bonds. The molecule has 22 heavy (non-hydrogen) atoms. The summed E-state index contributed by atoms with van der Waals surface area (Å²) in [5.74, 6) is 3.22. The first kappa shape index (κ1) is 14.0. The highest BCUT2D eigenvalue weighted by atomic mass is 79.9. The molecule has 0 unspecified atom stereocenters. The van der Waals surface area contributed by atoms with E-state index in [1.807, 2.05) is 24.3 Å². The first-order valence-corrected chi connectivity index (χ1v) is 8.69. The zero-order valence-electron chi connectivity index (χ0n) is 11.5. The fourth-order valence-electron chi connectivity index (χ4n) is 2.01. The molecule has 1 N–H and O–H groups in total. The number of thioether (sulfide) groups is 1. The van der Waals surface area contributed by atoms with E-state index in [0.29, 0.717) is 23.5 Å². The fraction of sp³-hybridized carbons (Fsp3) is 0.286. The van der Waals surface area contributed by atoms with E-state index >= 15 is 0 Å². The number of hydrogen-bond donors (Lipinski definition) is 1. The van der Waals surface area contributed by atoms with Crippen molar-refractivity contribution in [1.82, 2.24) is 25.4 Å². The SMILES string of the molecule is Brc1ccc(-c2nnc(CSc3n[nH]c(C4CC4)n3)o2)cc1. The number of H-pyrrole nitrogens is 1. The summed E-state index contributed by atoms with van der Waals surface area (Å²) in [5.41, 5.74) is 0.904. The standard InChI is InChI=1S/C14H12BrN5OS/c15-10-5-3-9(4-6-10)13-19-17-11(21-13)7-22-14-16-12(18-20-14)8-1-2-8/h3-6,8H,1-2,7H2,(H,16,18,20). The largest absolute Gasteiger partial charge is 0.420 e. The number of aromatic nitrogens is 5. The lowest BCUT2D eigenvalue weighted by Crippen LogP contribution is -1.83. The molecule has 1 fully saturated rings. The summed E-state index contributed by atoms with van der Waals surface area (Å²) in [4.78, 5) is 4.46. The van der Waals surface area contributed by atoms with Crippen molar-refractivity contribution in [2.45, 2.75) is 29.7 Å². The summed E-state index contributed by atoms with van der Waals surface area (Å²) in [5, 5.41) is 16.1. The van der Waals surface area contributed by atoms with Gasteiger partial charge in [0, 0.05) is 16.0 Å². The Morgan fingerprint density at radius 1 is 1.23 bits per heavy atom. The lowest BCUT2D eigenvalue weighted by Gasteiger charge is -1.94. The molecule has 0 aliphatic heterocycles. The van der Waals surface area contributed by atoms with Gasteiger partial charge in [-0.1, -0.05) is 27.7 Å². The molecule has 1 saturated carbocycles. The van der Waals surface area contributed by atoms with Gasteiger partial charge >= 0.3 is 0 Å². The Balaban J connectivity index is 1.41. The predicted octanol–water partition coefficient (Wildman–Crippen LogP) is 3.79. The Kier molecular flexibility index (Phi) is 3.71. The van der Waals surface area contributed by atoms with Gasteiger partial charge in [-0.15, -0.1) is 15.3 Å². The van der Waals surface area contributed by atoms with E-state index in [1.54, 1.807) is 0 Å². The Morgan fingerprint density at radius 2 is 2.05 bits per heavy atom. The molecule has 1 aromatic carbocycles. The van der Waals surface area contributed by atoms with Crippen LogP contribution in [0.3, 0.4) is 0 Å². The third-order valence-corrected chi connectivity index (χ3v) is 4.69.